The van der Waals surface area contributed by atoms with Crippen molar-refractivity contribution in [2.24, 2.45) is 5.41 Å². The van der Waals surface area contributed by atoms with Gasteiger partial charge in [0, 0.05) is 16.6 Å². The second-order valence-electron chi connectivity index (χ2n) is 4.43. The standard InChI is InChI=1S/C13H16O2.C2H6/c1-9(14)11-6-5-7-13(3,4)8-12(11)10(2)15;1-2/h5-8H,1-4H3;1-2H3. The Kier molecular flexibility index (Phi) is 5.80. The first-order valence-electron chi connectivity index (χ1n) is 5.98. The van der Waals surface area contributed by atoms with Crippen LogP contribution in [0.5, 0.6) is 0 Å². The first-order chi connectivity index (χ1) is 7.83. The van der Waals surface area contributed by atoms with E-state index in [1.165, 1.54) is 13.8 Å². The van der Waals surface area contributed by atoms with E-state index in [1.54, 1.807) is 6.08 Å². The predicted molar refractivity (Wildman–Crippen MR) is 71.8 cm³/mol. The minimum Gasteiger partial charge on any atom is -0.294 e. The van der Waals surface area contributed by atoms with Crippen LogP contribution in [0.15, 0.2) is 35.5 Å². The molecule has 0 amide bonds. The molecule has 0 aromatic heterocycles. The fraction of sp³-hybridized carbons (Fsp3) is 0.467. The van der Waals surface area contributed by atoms with Crippen molar-refractivity contribution in [3.8, 4) is 0 Å². The van der Waals surface area contributed by atoms with Gasteiger partial charge in [0.05, 0.1) is 0 Å². The third-order valence-electron chi connectivity index (χ3n) is 2.35. The summed E-state index contributed by atoms with van der Waals surface area (Å²) in [7, 11) is 0. The van der Waals surface area contributed by atoms with Crippen molar-refractivity contribution in [1.82, 2.24) is 0 Å². The zero-order chi connectivity index (χ0) is 13.6. The summed E-state index contributed by atoms with van der Waals surface area (Å²) in [6.45, 7) is 11.0. The molecule has 0 aliphatic heterocycles. The quantitative estimate of drug-likeness (QED) is 0.731. The molecule has 0 radical (unpaired) electrons. The first-order valence-corrected chi connectivity index (χ1v) is 5.98. The molecule has 0 saturated carbocycles. The number of ketones is 2. The summed E-state index contributed by atoms with van der Waals surface area (Å²) in [5.41, 5.74) is 0.844. The summed E-state index contributed by atoms with van der Waals surface area (Å²) in [6.07, 6.45) is 7.38. The summed E-state index contributed by atoms with van der Waals surface area (Å²) >= 11 is 0. The van der Waals surface area contributed by atoms with Crippen molar-refractivity contribution < 1.29 is 9.59 Å². The van der Waals surface area contributed by atoms with Gasteiger partial charge in [-0.2, -0.15) is 0 Å². The topological polar surface area (TPSA) is 34.1 Å². The van der Waals surface area contributed by atoms with E-state index in [9.17, 15) is 9.59 Å². The number of rotatable bonds is 2. The molecule has 17 heavy (non-hydrogen) atoms. The fourth-order valence-corrected chi connectivity index (χ4v) is 1.58. The molecule has 1 rings (SSSR count). The Morgan fingerprint density at radius 2 is 1.47 bits per heavy atom. The van der Waals surface area contributed by atoms with Gasteiger partial charge in [0.25, 0.3) is 0 Å². The van der Waals surface area contributed by atoms with Crippen molar-refractivity contribution in [2.45, 2.75) is 41.5 Å². The number of carbonyl (C=O) groups is 2. The lowest BCUT2D eigenvalue weighted by Crippen LogP contribution is -2.11. The van der Waals surface area contributed by atoms with Gasteiger partial charge in [-0.3, -0.25) is 9.59 Å². The molecule has 0 aromatic rings. The lowest BCUT2D eigenvalue weighted by atomic mass is 9.88. The zero-order valence-corrected chi connectivity index (χ0v) is 11.6. The Bertz CT molecular complexity index is 393. The lowest BCUT2D eigenvalue weighted by Gasteiger charge is -2.15. The summed E-state index contributed by atoms with van der Waals surface area (Å²) in [5, 5.41) is 0. The second kappa shape index (κ2) is 6.33. The van der Waals surface area contributed by atoms with Crippen molar-refractivity contribution in [1.29, 1.82) is 0 Å². The van der Waals surface area contributed by atoms with Crippen LogP contribution in [-0.2, 0) is 9.59 Å². The summed E-state index contributed by atoms with van der Waals surface area (Å²) in [4.78, 5) is 22.8. The first kappa shape index (κ1) is 15.6. The summed E-state index contributed by atoms with van der Waals surface area (Å²) in [5.74, 6) is -0.132. The maximum Gasteiger partial charge on any atom is 0.160 e. The van der Waals surface area contributed by atoms with Crippen molar-refractivity contribution in [3.63, 3.8) is 0 Å². The Balaban J connectivity index is 0.00000121. The Labute approximate surface area is 104 Å². The molecule has 94 valence electrons. The molecule has 0 N–H and O–H groups in total. The van der Waals surface area contributed by atoms with Crippen LogP contribution in [0.4, 0.5) is 0 Å². The summed E-state index contributed by atoms with van der Waals surface area (Å²) < 4.78 is 0. The van der Waals surface area contributed by atoms with Crippen molar-refractivity contribution in [2.75, 3.05) is 0 Å². The van der Waals surface area contributed by atoms with Crippen LogP contribution in [0.1, 0.15) is 41.5 Å². The van der Waals surface area contributed by atoms with E-state index in [0.29, 0.717) is 11.1 Å². The average Bonchev–Trinajstić information content (AvgIpc) is 2.39. The molecule has 0 atom stereocenters. The maximum absolute atomic E-state index is 11.5. The largest absolute Gasteiger partial charge is 0.294 e. The van der Waals surface area contributed by atoms with E-state index >= 15 is 0 Å². The molecule has 2 heteroatoms. The highest BCUT2D eigenvalue weighted by molar-refractivity contribution is 6.11. The van der Waals surface area contributed by atoms with Crippen LogP contribution in [0, 0.1) is 5.41 Å². The second-order valence-corrected chi connectivity index (χ2v) is 4.43. The van der Waals surface area contributed by atoms with Crippen LogP contribution in [0.2, 0.25) is 0 Å². The van der Waals surface area contributed by atoms with Gasteiger partial charge in [-0.25, -0.2) is 0 Å². The molecule has 0 aromatic carbocycles. The minimum atomic E-state index is -0.186. The third kappa shape index (κ3) is 4.51. The van der Waals surface area contributed by atoms with Gasteiger partial charge in [-0.15, -0.1) is 0 Å². The number of hydrogen-bond acceptors (Lipinski definition) is 2. The molecule has 0 fully saturated rings. The molecule has 0 bridgehead atoms. The van der Waals surface area contributed by atoms with E-state index < -0.39 is 0 Å². The monoisotopic (exact) mass is 234 g/mol. The Hall–Kier alpha value is -1.44. The van der Waals surface area contributed by atoms with Gasteiger partial charge < -0.3 is 0 Å². The highest BCUT2D eigenvalue weighted by atomic mass is 16.1. The fourth-order valence-electron chi connectivity index (χ4n) is 1.58. The van der Waals surface area contributed by atoms with Gasteiger partial charge in [-0.1, -0.05) is 52.0 Å². The lowest BCUT2D eigenvalue weighted by molar-refractivity contribution is -0.116. The molecule has 1 aliphatic rings. The van der Waals surface area contributed by atoms with Gasteiger partial charge in [0.1, 0.15) is 0 Å². The zero-order valence-electron chi connectivity index (χ0n) is 11.6. The van der Waals surface area contributed by atoms with Gasteiger partial charge >= 0.3 is 0 Å². The number of carbonyl (C=O) groups excluding carboxylic acids is 2. The highest BCUT2D eigenvalue weighted by Crippen LogP contribution is 2.27. The van der Waals surface area contributed by atoms with E-state index in [0.717, 1.165) is 0 Å². The Morgan fingerprint density at radius 1 is 1.00 bits per heavy atom. The van der Waals surface area contributed by atoms with Gasteiger partial charge in [0.2, 0.25) is 0 Å². The van der Waals surface area contributed by atoms with Crippen LogP contribution >= 0.6 is 0 Å². The normalized spacial score (nSPS) is 17.1. The predicted octanol–water partition coefficient (Wildman–Crippen LogP) is 3.64. The van der Waals surface area contributed by atoms with E-state index in [-0.39, 0.29) is 17.0 Å². The SMILES string of the molecule is CC.CC(=O)C1=CC=CC(C)(C)C=C1C(C)=O. The van der Waals surface area contributed by atoms with Gasteiger partial charge in [0.15, 0.2) is 11.6 Å². The highest BCUT2D eigenvalue weighted by Gasteiger charge is 2.21. The Morgan fingerprint density at radius 3 is 1.88 bits per heavy atom. The molecule has 0 unspecified atom stereocenters. The molecule has 0 saturated heterocycles. The van der Waals surface area contributed by atoms with Crippen LogP contribution in [0.3, 0.4) is 0 Å². The molecular formula is C15H22O2. The van der Waals surface area contributed by atoms with E-state index in [2.05, 4.69) is 0 Å². The molecule has 0 spiro atoms. The van der Waals surface area contributed by atoms with Crippen LogP contribution in [-0.4, -0.2) is 11.6 Å². The maximum atomic E-state index is 11.5. The number of allylic oxidation sites excluding steroid dienone is 6. The number of Topliss-reactive ketones (excluding diaryl/α,β-unsaturated/α-hetero) is 2. The molecular weight excluding hydrogens is 212 g/mol. The third-order valence-corrected chi connectivity index (χ3v) is 2.35. The van der Waals surface area contributed by atoms with Crippen LogP contribution in [0.25, 0.3) is 0 Å². The molecule has 1 aliphatic carbocycles. The smallest absolute Gasteiger partial charge is 0.160 e. The molecule has 2 nitrogen and oxygen atoms in total. The van der Waals surface area contributed by atoms with Crippen LogP contribution < -0.4 is 0 Å². The number of hydrogen-bond donors (Lipinski definition) is 0. The molecule has 0 heterocycles. The van der Waals surface area contributed by atoms with Gasteiger partial charge in [-0.05, 0) is 13.8 Å². The van der Waals surface area contributed by atoms with Crippen molar-refractivity contribution >= 4 is 11.6 Å². The summed E-state index contributed by atoms with van der Waals surface area (Å²) in [6, 6.07) is 0. The van der Waals surface area contributed by atoms with Crippen molar-refractivity contribution in [3.05, 3.63) is 35.5 Å². The minimum absolute atomic E-state index is 0.0618. The van der Waals surface area contributed by atoms with E-state index in [4.69, 9.17) is 0 Å². The average molecular weight is 234 g/mol. The van der Waals surface area contributed by atoms with E-state index in [1.807, 2.05) is 45.9 Å².